The molecule has 0 aliphatic heterocycles. The smallest absolute Gasteiger partial charge is 0.274 e. The molecule has 0 radical (unpaired) electrons. The van der Waals surface area contributed by atoms with Gasteiger partial charge in [-0.15, -0.1) is 0 Å². The van der Waals surface area contributed by atoms with E-state index in [0.717, 1.165) is 23.3 Å². The van der Waals surface area contributed by atoms with Crippen LogP contribution in [0.2, 0.25) is 0 Å². The highest BCUT2D eigenvalue weighted by molar-refractivity contribution is 6.03. The lowest BCUT2D eigenvalue weighted by atomic mass is 10.1. The van der Waals surface area contributed by atoms with Crippen molar-refractivity contribution in [3.8, 4) is 0 Å². The number of anilines is 3. The zero-order chi connectivity index (χ0) is 19.6. The Hall–Kier alpha value is -3.35. The Balaban J connectivity index is 1.87. The van der Waals surface area contributed by atoms with Crippen molar-refractivity contribution in [2.75, 3.05) is 10.6 Å². The summed E-state index contributed by atoms with van der Waals surface area (Å²) in [6.45, 7) is 5.45. The third-order valence-corrected chi connectivity index (χ3v) is 3.92. The third-order valence-electron chi connectivity index (χ3n) is 3.92. The van der Waals surface area contributed by atoms with Gasteiger partial charge < -0.3 is 10.6 Å². The lowest BCUT2D eigenvalue weighted by molar-refractivity contribution is 0.102. The number of hydrogen-bond acceptors (Lipinski definition) is 4. The molecule has 27 heavy (non-hydrogen) atoms. The number of rotatable bonds is 4. The van der Waals surface area contributed by atoms with Crippen molar-refractivity contribution in [2.45, 2.75) is 20.8 Å². The van der Waals surface area contributed by atoms with Crippen molar-refractivity contribution in [1.29, 1.82) is 0 Å². The Morgan fingerprint density at radius 3 is 2.33 bits per heavy atom. The average Bonchev–Trinajstić information content (AvgIpc) is 2.60. The van der Waals surface area contributed by atoms with Gasteiger partial charge in [-0.1, -0.05) is 23.8 Å². The van der Waals surface area contributed by atoms with Crippen molar-refractivity contribution >= 4 is 23.1 Å². The van der Waals surface area contributed by atoms with Crippen LogP contribution in [-0.4, -0.2) is 15.9 Å². The number of nitrogens with zero attached hydrogens (tertiary/aromatic N) is 2. The van der Waals surface area contributed by atoms with Crippen LogP contribution in [0.5, 0.6) is 0 Å². The van der Waals surface area contributed by atoms with E-state index in [1.165, 1.54) is 12.1 Å². The SMILES string of the molecule is Cc1ccc(NC(=O)c2cc(Nc3c(F)cccc3F)nc(C)n2)c(C)c1. The molecule has 5 nitrogen and oxygen atoms in total. The number of nitrogens with one attached hydrogen (secondary N) is 2. The van der Waals surface area contributed by atoms with Gasteiger partial charge in [-0.25, -0.2) is 18.7 Å². The fourth-order valence-corrected chi connectivity index (χ4v) is 2.63. The fraction of sp³-hybridized carbons (Fsp3) is 0.150. The highest BCUT2D eigenvalue weighted by atomic mass is 19.1. The number of carbonyl (C=O) groups excluding carboxylic acids is 1. The van der Waals surface area contributed by atoms with Crippen LogP contribution in [-0.2, 0) is 0 Å². The van der Waals surface area contributed by atoms with Gasteiger partial charge in [0.15, 0.2) is 0 Å². The van der Waals surface area contributed by atoms with Crippen molar-refractivity contribution < 1.29 is 13.6 Å². The molecule has 0 aliphatic carbocycles. The van der Waals surface area contributed by atoms with Crippen LogP contribution >= 0.6 is 0 Å². The number of benzene rings is 2. The van der Waals surface area contributed by atoms with Gasteiger partial charge in [-0.3, -0.25) is 4.79 Å². The summed E-state index contributed by atoms with van der Waals surface area (Å²) in [7, 11) is 0. The second kappa shape index (κ2) is 7.49. The predicted molar refractivity (Wildman–Crippen MR) is 100 cm³/mol. The first-order valence-corrected chi connectivity index (χ1v) is 8.29. The van der Waals surface area contributed by atoms with Gasteiger partial charge in [0, 0.05) is 11.8 Å². The molecule has 2 N–H and O–H groups in total. The van der Waals surface area contributed by atoms with E-state index in [0.29, 0.717) is 11.5 Å². The summed E-state index contributed by atoms with van der Waals surface area (Å²) in [5.41, 5.74) is 2.41. The van der Waals surface area contributed by atoms with Gasteiger partial charge in [0.25, 0.3) is 5.91 Å². The molecule has 3 rings (SSSR count). The van der Waals surface area contributed by atoms with Crippen LogP contribution in [0.3, 0.4) is 0 Å². The Morgan fingerprint density at radius 1 is 0.963 bits per heavy atom. The van der Waals surface area contributed by atoms with E-state index in [-0.39, 0.29) is 17.2 Å². The minimum absolute atomic E-state index is 0.0849. The molecule has 0 unspecified atom stereocenters. The first-order chi connectivity index (χ1) is 12.8. The summed E-state index contributed by atoms with van der Waals surface area (Å²) in [6.07, 6.45) is 0. The van der Waals surface area contributed by atoms with Gasteiger partial charge in [0.1, 0.15) is 34.7 Å². The quantitative estimate of drug-likeness (QED) is 0.702. The molecule has 138 valence electrons. The zero-order valence-electron chi connectivity index (χ0n) is 15.1. The molecule has 0 atom stereocenters. The minimum Gasteiger partial charge on any atom is -0.335 e. The first kappa shape index (κ1) is 18.4. The Morgan fingerprint density at radius 2 is 1.67 bits per heavy atom. The molecule has 3 aromatic rings. The Labute approximate surface area is 155 Å². The molecule has 1 heterocycles. The van der Waals surface area contributed by atoms with Gasteiger partial charge >= 0.3 is 0 Å². The standard InChI is InChI=1S/C20H18F2N4O/c1-11-7-8-16(12(2)9-11)25-20(27)17-10-18(24-13(3)23-17)26-19-14(21)5-4-6-15(19)22/h4-10H,1-3H3,(H,25,27)(H,23,24,26). The van der Waals surface area contributed by atoms with Crippen LogP contribution in [0.4, 0.5) is 26.0 Å². The normalized spacial score (nSPS) is 10.6. The second-order valence-electron chi connectivity index (χ2n) is 6.18. The fourth-order valence-electron chi connectivity index (χ4n) is 2.63. The topological polar surface area (TPSA) is 66.9 Å². The van der Waals surface area contributed by atoms with Gasteiger partial charge in [-0.05, 0) is 44.5 Å². The van der Waals surface area contributed by atoms with Crippen LogP contribution < -0.4 is 10.6 Å². The van der Waals surface area contributed by atoms with E-state index in [4.69, 9.17) is 0 Å². The Bertz CT molecular complexity index is 1000. The summed E-state index contributed by atoms with van der Waals surface area (Å²) in [4.78, 5) is 20.8. The van der Waals surface area contributed by atoms with Gasteiger partial charge in [0.2, 0.25) is 0 Å². The number of halogens is 2. The first-order valence-electron chi connectivity index (χ1n) is 8.29. The molecule has 0 aliphatic rings. The number of aromatic nitrogens is 2. The maximum atomic E-state index is 13.8. The average molecular weight is 368 g/mol. The number of para-hydroxylation sites is 1. The summed E-state index contributed by atoms with van der Waals surface area (Å²) in [6, 6.07) is 10.5. The van der Waals surface area contributed by atoms with Gasteiger partial charge in [0.05, 0.1) is 0 Å². The van der Waals surface area contributed by atoms with Crippen molar-refractivity contribution in [2.24, 2.45) is 0 Å². The third kappa shape index (κ3) is 4.25. The summed E-state index contributed by atoms with van der Waals surface area (Å²) in [5, 5.41) is 5.37. The second-order valence-corrected chi connectivity index (χ2v) is 6.18. The predicted octanol–water partition coefficient (Wildman–Crippen LogP) is 4.68. The molecule has 0 saturated carbocycles. The van der Waals surface area contributed by atoms with E-state index >= 15 is 0 Å². The Kier molecular flexibility index (Phi) is 5.12. The van der Waals surface area contributed by atoms with E-state index in [1.807, 2.05) is 32.0 Å². The number of hydrogen-bond donors (Lipinski definition) is 2. The monoisotopic (exact) mass is 368 g/mol. The lowest BCUT2D eigenvalue weighted by Crippen LogP contribution is -2.16. The van der Waals surface area contributed by atoms with Crippen molar-refractivity contribution in [3.05, 3.63) is 76.7 Å². The molecule has 2 aromatic carbocycles. The molecule has 0 bridgehead atoms. The van der Waals surface area contributed by atoms with Crippen LogP contribution in [0.25, 0.3) is 0 Å². The zero-order valence-corrected chi connectivity index (χ0v) is 15.1. The molecule has 0 fully saturated rings. The van der Waals surface area contributed by atoms with E-state index in [9.17, 15) is 13.6 Å². The van der Waals surface area contributed by atoms with E-state index < -0.39 is 17.5 Å². The van der Waals surface area contributed by atoms with Gasteiger partial charge in [-0.2, -0.15) is 0 Å². The van der Waals surface area contributed by atoms with E-state index in [2.05, 4.69) is 20.6 Å². The lowest BCUT2D eigenvalue weighted by Gasteiger charge is -2.11. The van der Waals surface area contributed by atoms with Crippen molar-refractivity contribution in [3.63, 3.8) is 0 Å². The molecular formula is C20H18F2N4O. The minimum atomic E-state index is -0.757. The maximum Gasteiger partial charge on any atom is 0.274 e. The molecule has 1 amide bonds. The maximum absolute atomic E-state index is 13.8. The number of aryl methyl sites for hydroxylation is 3. The molecule has 0 spiro atoms. The number of amides is 1. The molecular weight excluding hydrogens is 350 g/mol. The summed E-state index contributed by atoms with van der Waals surface area (Å²) < 4.78 is 27.7. The number of carbonyl (C=O) groups is 1. The highest BCUT2D eigenvalue weighted by Crippen LogP contribution is 2.23. The van der Waals surface area contributed by atoms with Crippen LogP contribution in [0.15, 0.2) is 42.5 Å². The molecule has 1 aromatic heterocycles. The summed E-state index contributed by atoms with van der Waals surface area (Å²) in [5.74, 6) is -1.54. The molecule has 0 saturated heterocycles. The van der Waals surface area contributed by atoms with Crippen LogP contribution in [0, 0.1) is 32.4 Å². The molecule has 7 heteroatoms. The van der Waals surface area contributed by atoms with Crippen molar-refractivity contribution in [1.82, 2.24) is 9.97 Å². The highest BCUT2D eigenvalue weighted by Gasteiger charge is 2.14. The van der Waals surface area contributed by atoms with Crippen LogP contribution in [0.1, 0.15) is 27.4 Å². The van der Waals surface area contributed by atoms with E-state index in [1.54, 1.807) is 6.92 Å². The summed E-state index contributed by atoms with van der Waals surface area (Å²) >= 11 is 0. The largest absolute Gasteiger partial charge is 0.335 e.